The second-order valence-corrected chi connectivity index (χ2v) is 8.12. The van der Waals surface area contributed by atoms with Gasteiger partial charge >= 0.3 is 5.97 Å². The van der Waals surface area contributed by atoms with Crippen molar-refractivity contribution in [3.63, 3.8) is 0 Å². The van der Waals surface area contributed by atoms with Gasteiger partial charge in [0.25, 0.3) is 0 Å². The minimum Gasteiger partial charge on any atom is -0.491 e. The van der Waals surface area contributed by atoms with Crippen LogP contribution in [0.4, 0.5) is 0 Å². The van der Waals surface area contributed by atoms with E-state index in [1.165, 1.54) is 12.3 Å². The number of hydrogen-bond donors (Lipinski definition) is 1. The number of methoxy groups -OCH3 is 1. The van der Waals surface area contributed by atoms with E-state index >= 15 is 0 Å². The Morgan fingerprint density at radius 2 is 2.10 bits per heavy atom. The van der Waals surface area contributed by atoms with Gasteiger partial charge in [-0.05, 0) is 5.92 Å². The predicted molar refractivity (Wildman–Crippen MR) is 114 cm³/mol. The predicted octanol–water partition coefficient (Wildman–Crippen LogP) is 3.15. The highest BCUT2D eigenvalue weighted by molar-refractivity contribution is 5.88. The first-order valence-electron chi connectivity index (χ1n) is 10.5. The monoisotopic (exact) mass is 429 g/mol. The summed E-state index contributed by atoms with van der Waals surface area (Å²) in [6, 6.07) is 3.09. The Morgan fingerprint density at radius 3 is 2.81 bits per heavy atom. The molecule has 0 fully saturated rings. The van der Waals surface area contributed by atoms with Crippen LogP contribution in [0.5, 0.6) is 17.2 Å². The zero-order valence-corrected chi connectivity index (χ0v) is 18.0. The van der Waals surface area contributed by atoms with Crippen LogP contribution >= 0.6 is 0 Å². The van der Waals surface area contributed by atoms with Crippen molar-refractivity contribution in [2.24, 2.45) is 5.92 Å². The number of carbonyl (C=O) groups is 1. The molecular formula is C23H27NO7. The van der Waals surface area contributed by atoms with Crippen LogP contribution < -0.4 is 19.6 Å². The Hall–Kier alpha value is -3.00. The molecule has 0 radical (unpaired) electrons. The summed E-state index contributed by atoms with van der Waals surface area (Å²) >= 11 is 0. The second kappa shape index (κ2) is 8.63. The third-order valence-corrected chi connectivity index (χ3v) is 5.76. The number of benzene rings is 1. The molecule has 0 amide bonds. The quantitative estimate of drug-likeness (QED) is 0.676. The molecule has 0 saturated heterocycles. The van der Waals surface area contributed by atoms with Crippen LogP contribution in [0.15, 0.2) is 23.1 Å². The van der Waals surface area contributed by atoms with Crippen LogP contribution in [0.25, 0.3) is 11.3 Å². The van der Waals surface area contributed by atoms with Gasteiger partial charge in [-0.1, -0.05) is 13.8 Å². The fourth-order valence-corrected chi connectivity index (χ4v) is 4.16. The highest BCUT2D eigenvalue weighted by atomic mass is 16.5. The van der Waals surface area contributed by atoms with E-state index in [2.05, 4.69) is 0 Å². The van der Waals surface area contributed by atoms with Gasteiger partial charge < -0.3 is 28.6 Å². The Morgan fingerprint density at radius 1 is 1.29 bits per heavy atom. The van der Waals surface area contributed by atoms with Crippen molar-refractivity contribution in [3.05, 3.63) is 39.7 Å². The zero-order valence-electron chi connectivity index (χ0n) is 18.0. The number of aromatic carboxylic acids is 1. The molecule has 3 heterocycles. The molecule has 2 aromatic rings. The third-order valence-electron chi connectivity index (χ3n) is 5.76. The van der Waals surface area contributed by atoms with Crippen molar-refractivity contribution in [2.75, 3.05) is 33.5 Å². The second-order valence-electron chi connectivity index (χ2n) is 8.12. The minimum atomic E-state index is -1.23. The molecule has 1 N–H and O–H groups in total. The molecule has 8 nitrogen and oxygen atoms in total. The Labute approximate surface area is 180 Å². The maximum Gasteiger partial charge on any atom is 0.341 e. The fourth-order valence-electron chi connectivity index (χ4n) is 4.16. The van der Waals surface area contributed by atoms with E-state index in [0.717, 1.165) is 17.5 Å². The third kappa shape index (κ3) is 3.87. The van der Waals surface area contributed by atoms with E-state index in [4.69, 9.17) is 18.9 Å². The van der Waals surface area contributed by atoms with Gasteiger partial charge in [0.05, 0.1) is 24.9 Å². The van der Waals surface area contributed by atoms with Crippen LogP contribution in [-0.2, 0) is 11.2 Å². The van der Waals surface area contributed by atoms with Crippen molar-refractivity contribution in [1.82, 2.24) is 4.57 Å². The van der Waals surface area contributed by atoms with E-state index in [0.29, 0.717) is 55.8 Å². The number of pyridine rings is 1. The SMILES string of the molecule is COCCCOc1cc2c(c3c1OCC3)-c1cc(=O)c(C(=O)O)cn1[C@H](C(C)C)CO2. The molecule has 0 unspecified atom stereocenters. The lowest BCUT2D eigenvalue weighted by atomic mass is 9.97. The van der Waals surface area contributed by atoms with Crippen LogP contribution in [0.3, 0.4) is 0 Å². The van der Waals surface area contributed by atoms with Gasteiger partial charge in [0.2, 0.25) is 0 Å². The maximum atomic E-state index is 12.6. The summed E-state index contributed by atoms with van der Waals surface area (Å²) in [6.07, 6.45) is 2.84. The summed E-state index contributed by atoms with van der Waals surface area (Å²) in [4.78, 5) is 24.2. The van der Waals surface area contributed by atoms with Gasteiger partial charge in [0.15, 0.2) is 16.9 Å². The topological polar surface area (TPSA) is 96.2 Å². The van der Waals surface area contributed by atoms with E-state index in [9.17, 15) is 14.7 Å². The van der Waals surface area contributed by atoms with Crippen LogP contribution in [0, 0.1) is 5.92 Å². The number of carboxylic acids is 1. The summed E-state index contributed by atoms with van der Waals surface area (Å²) in [5.41, 5.74) is 1.56. The number of rotatable bonds is 7. The lowest BCUT2D eigenvalue weighted by Crippen LogP contribution is -2.25. The largest absolute Gasteiger partial charge is 0.491 e. The summed E-state index contributed by atoms with van der Waals surface area (Å²) in [5.74, 6) is 0.809. The Kier molecular flexibility index (Phi) is 5.91. The summed E-state index contributed by atoms with van der Waals surface area (Å²) < 4.78 is 25.0. The molecule has 8 heteroatoms. The standard InChI is InChI=1S/C23H27NO7/c1-13(2)17-12-31-19-10-20(29-7-4-6-28-3)22-14(5-8-30-22)21(19)16-9-18(25)15(23(26)27)11-24(16)17/h9-11,13,17H,4-8,12H2,1-3H3,(H,26,27)/t17-/m0/s1. The number of fused-ring (bicyclic) bond motifs is 5. The van der Waals surface area contributed by atoms with Crippen LogP contribution in [-0.4, -0.2) is 49.2 Å². The molecule has 2 aliphatic heterocycles. The molecule has 166 valence electrons. The molecule has 0 bridgehead atoms. The summed E-state index contributed by atoms with van der Waals surface area (Å²) in [7, 11) is 1.65. The van der Waals surface area contributed by atoms with Crippen molar-refractivity contribution in [3.8, 4) is 28.5 Å². The van der Waals surface area contributed by atoms with Crippen molar-refractivity contribution < 1.29 is 28.8 Å². The smallest absolute Gasteiger partial charge is 0.341 e. The molecule has 4 rings (SSSR count). The number of carboxylic acid groups (broad SMARTS) is 1. The lowest BCUT2D eigenvalue weighted by Gasteiger charge is -2.24. The number of hydrogen-bond acceptors (Lipinski definition) is 6. The van der Waals surface area contributed by atoms with Gasteiger partial charge in [0.1, 0.15) is 17.9 Å². The molecule has 0 spiro atoms. The van der Waals surface area contributed by atoms with Crippen LogP contribution in [0.1, 0.15) is 42.2 Å². The molecule has 1 aromatic heterocycles. The first-order chi connectivity index (χ1) is 14.9. The molecule has 0 saturated carbocycles. The fraction of sp³-hybridized carbons (Fsp3) is 0.478. The van der Waals surface area contributed by atoms with E-state index in [1.54, 1.807) is 7.11 Å². The van der Waals surface area contributed by atoms with Crippen molar-refractivity contribution in [1.29, 1.82) is 0 Å². The molecule has 0 aliphatic carbocycles. The number of ether oxygens (including phenoxy) is 4. The summed E-state index contributed by atoms with van der Waals surface area (Å²) in [5, 5.41) is 9.48. The first kappa shape index (κ1) is 21.2. The van der Waals surface area contributed by atoms with E-state index in [-0.39, 0.29) is 17.5 Å². The van der Waals surface area contributed by atoms with Gasteiger partial charge in [-0.3, -0.25) is 4.79 Å². The number of aromatic nitrogens is 1. The zero-order chi connectivity index (χ0) is 22.1. The Bertz CT molecular complexity index is 1060. The number of nitrogens with zero attached hydrogens (tertiary/aromatic N) is 1. The maximum absolute atomic E-state index is 12.6. The van der Waals surface area contributed by atoms with Gasteiger partial charge in [-0.2, -0.15) is 0 Å². The molecule has 31 heavy (non-hydrogen) atoms. The van der Waals surface area contributed by atoms with Crippen molar-refractivity contribution >= 4 is 5.97 Å². The minimum absolute atomic E-state index is 0.134. The average molecular weight is 429 g/mol. The highest BCUT2D eigenvalue weighted by Crippen LogP contribution is 2.49. The van der Waals surface area contributed by atoms with E-state index < -0.39 is 11.4 Å². The van der Waals surface area contributed by atoms with Crippen molar-refractivity contribution in [2.45, 2.75) is 32.7 Å². The first-order valence-corrected chi connectivity index (χ1v) is 10.5. The average Bonchev–Trinajstić information content (AvgIpc) is 3.15. The normalized spacial score (nSPS) is 16.6. The molecule has 1 atom stereocenters. The van der Waals surface area contributed by atoms with Gasteiger partial charge in [-0.15, -0.1) is 0 Å². The molecular weight excluding hydrogens is 402 g/mol. The Balaban J connectivity index is 1.88. The van der Waals surface area contributed by atoms with Gasteiger partial charge in [-0.25, -0.2) is 4.79 Å². The summed E-state index contributed by atoms with van der Waals surface area (Å²) in [6.45, 7) is 6.03. The lowest BCUT2D eigenvalue weighted by molar-refractivity contribution is 0.0694. The highest BCUT2D eigenvalue weighted by Gasteiger charge is 2.33. The van der Waals surface area contributed by atoms with Crippen LogP contribution in [0.2, 0.25) is 0 Å². The molecule has 1 aromatic carbocycles. The molecule has 2 aliphatic rings. The van der Waals surface area contributed by atoms with E-state index in [1.807, 2.05) is 24.5 Å². The van der Waals surface area contributed by atoms with Gasteiger partial charge in [0, 0.05) is 56.0 Å².